The molecule has 0 saturated heterocycles. The maximum absolute atomic E-state index is 9.57. The molecule has 0 aromatic carbocycles. The molecule has 1 aromatic heterocycles. The summed E-state index contributed by atoms with van der Waals surface area (Å²) in [5, 5.41) is 22.3. The van der Waals surface area contributed by atoms with E-state index in [1.54, 1.807) is 17.8 Å². The summed E-state index contributed by atoms with van der Waals surface area (Å²) >= 11 is 1.78. The van der Waals surface area contributed by atoms with Crippen molar-refractivity contribution in [2.24, 2.45) is 0 Å². The van der Waals surface area contributed by atoms with Gasteiger partial charge in [0.2, 0.25) is 5.88 Å². The molecule has 0 radical (unpaired) electrons. The summed E-state index contributed by atoms with van der Waals surface area (Å²) in [6.07, 6.45) is 0.362. The van der Waals surface area contributed by atoms with Gasteiger partial charge in [0.15, 0.2) is 0 Å². The average molecular weight is 239 g/mol. The summed E-state index contributed by atoms with van der Waals surface area (Å²) < 4.78 is 1.66. The Labute approximate surface area is 100 Å². The highest BCUT2D eigenvalue weighted by molar-refractivity contribution is 7.99. The molecule has 0 atom stereocenters. The van der Waals surface area contributed by atoms with Crippen LogP contribution in [0.1, 0.15) is 32.9 Å². The number of thioether (sulfide) groups is 1. The number of hydrogen-bond acceptors (Lipinski definition) is 4. The standard InChI is InChI=1S/C11H17N3OS/c1-11(2,3)16-8-9-7-10(15)14(13-9)6-4-5-12/h7,15H,4,6,8H2,1-3H3. The van der Waals surface area contributed by atoms with Gasteiger partial charge in [-0.1, -0.05) is 20.8 Å². The van der Waals surface area contributed by atoms with Gasteiger partial charge in [-0.2, -0.15) is 10.4 Å². The van der Waals surface area contributed by atoms with E-state index in [0.717, 1.165) is 11.4 Å². The van der Waals surface area contributed by atoms with Gasteiger partial charge in [-0.25, -0.2) is 4.68 Å². The zero-order chi connectivity index (χ0) is 12.2. The fraction of sp³-hybridized carbons (Fsp3) is 0.636. The van der Waals surface area contributed by atoms with E-state index in [0.29, 0.717) is 13.0 Å². The SMILES string of the molecule is CC(C)(C)SCc1cc(O)n(CCC#N)n1. The quantitative estimate of drug-likeness (QED) is 0.877. The van der Waals surface area contributed by atoms with Crippen LogP contribution in [0.5, 0.6) is 5.88 Å². The van der Waals surface area contributed by atoms with Crippen LogP contribution in [-0.4, -0.2) is 19.6 Å². The second-order valence-corrected chi connectivity index (χ2v) is 6.33. The minimum absolute atomic E-state index is 0.139. The molecule has 16 heavy (non-hydrogen) atoms. The molecule has 0 amide bonds. The van der Waals surface area contributed by atoms with E-state index in [2.05, 4.69) is 25.9 Å². The van der Waals surface area contributed by atoms with Crippen molar-refractivity contribution in [2.75, 3.05) is 0 Å². The van der Waals surface area contributed by atoms with Gasteiger partial charge in [-0.3, -0.25) is 0 Å². The zero-order valence-electron chi connectivity index (χ0n) is 9.90. The molecular formula is C11H17N3OS. The van der Waals surface area contributed by atoms with E-state index in [-0.39, 0.29) is 10.6 Å². The Balaban J connectivity index is 2.59. The molecule has 88 valence electrons. The van der Waals surface area contributed by atoms with E-state index in [4.69, 9.17) is 5.26 Å². The smallest absolute Gasteiger partial charge is 0.209 e. The lowest BCUT2D eigenvalue weighted by Gasteiger charge is -2.16. The molecule has 0 fully saturated rings. The summed E-state index contributed by atoms with van der Waals surface area (Å²) in [4.78, 5) is 0. The highest BCUT2D eigenvalue weighted by atomic mass is 32.2. The second kappa shape index (κ2) is 5.26. The molecule has 4 nitrogen and oxygen atoms in total. The molecule has 1 heterocycles. The van der Waals surface area contributed by atoms with Crippen molar-refractivity contribution in [3.05, 3.63) is 11.8 Å². The summed E-state index contributed by atoms with van der Waals surface area (Å²) in [7, 11) is 0. The zero-order valence-corrected chi connectivity index (χ0v) is 10.7. The van der Waals surface area contributed by atoms with Crippen LogP contribution in [0, 0.1) is 11.3 Å². The average Bonchev–Trinajstić information content (AvgIpc) is 2.52. The van der Waals surface area contributed by atoms with Crippen LogP contribution in [-0.2, 0) is 12.3 Å². The van der Waals surface area contributed by atoms with Crippen molar-refractivity contribution in [1.82, 2.24) is 9.78 Å². The van der Waals surface area contributed by atoms with Crippen LogP contribution in [0.3, 0.4) is 0 Å². The number of aromatic nitrogens is 2. The number of aromatic hydroxyl groups is 1. The van der Waals surface area contributed by atoms with Crippen molar-refractivity contribution in [3.8, 4) is 11.9 Å². The molecule has 0 aliphatic heterocycles. The molecule has 1 aromatic rings. The predicted octanol–water partition coefficient (Wildman–Crippen LogP) is 2.53. The lowest BCUT2D eigenvalue weighted by Crippen LogP contribution is -2.08. The number of aryl methyl sites for hydroxylation is 1. The Morgan fingerprint density at radius 2 is 2.25 bits per heavy atom. The second-order valence-electron chi connectivity index (χ2n) is 4.53. The van der Waals surface area contributed by atoms with Gasteiger partial charge in [0.25, 0.3) is 0 Å². The van der Waals surface area contributed by atoms with E-state index in [9.17, 15) is 5.11 Å². The molecule has 0 aliphatic rings. The van der Waals surface area contributed by atoms with Crippen molar-refractivity contribution >= 4 is 11.8 Å². The van der Waals surface area contributed by atoms with Gasteiger partial charge in [-0.15, -0.1) is 11.8 Å². The normalized spacial score (nSPS) is 11.4. The summed E-state index contributed by atoms with van der Waals surface area (Å²) in [5.74, 6) is 0.913. The molecular weight excluding hydrogens is 222 g/mol. The topological polar surface area (TPSA) is 61.8 Å². The van der Waals surface area contributed by atoms with Gasteiger partial charge < -0.3 is 5.11 Å². The summed E-state index contributed by atoms with van der Waals surface area (Å²) in [5.41, 5.74) is 0.857. The molecule has 1 rings (SSSR count). The van der Waals surface area contributed by atoms with E-state index >= 15 is 0 Å². The number of hydrogen-bond donors (Lipinski definition) is 1. The van der Waals surface area contributed by atoms with Crippen molar-refractivity contribution in [2.45, 2.75) is 44.2 Å². The molecule has 1 N–H and O–H groups in total. The Hall–Kier alpha value is -1.15. The summed E-state index contributed by atoms with van der Waals surface area (Å²) in [6.45, 7) is 6.88. The Morgan fingerprint density at radius 3 is 2.81 bits per heavy atom. The molecule has 0 saturated carbocycles. The number of nitriles is 1. The summed E-state index contributed by atoms with van der Waals surface area (Å²) in [6, 6.07) is 3.69. The Bertz CT molecular complexity index is 387. The third-order valence-electron chi connectivity index (χ3n) is 1.90. The first-order valence-electron chi connectivity index (χ1n) is 5.19. The highest BCUT2D eigenvalue weighted by Crippen LogP contribution is 2.27. The maximum atomic E-state index is 9.57. The third kappa shape index (κ3) is 4.15. The van der Waals surface area contributed by atoms with Crippen molar-refractivity contribution in [1.29, 1.82) is 5.26 Å². The molecule has 0 aliphatic carbocycles. The van der Waals surface area contributed by atoms with Gasteiger partial charge in [0.1, 0.15) is 0 Å². The fourth-order valence-corrected chi connectivity index (χ4v) is 1.86. The molecule has 0 unspecified atom stereocenters. The molecule has 0 spiro atoms. The largest absolute Gasteiger partial charge is 0.493 e. The van der Waals surface area contributed by atoms with Crippen LogP contribution in [0.4, 0.5) is 0 Å². The van der Waals surface area contributed by atoms with Crippen molar-refractivity contribution in [3.63, 3.8) is 0 Å². The predicted molar refractivity (Wildman–Crippen MR) is 65.2 cm³/mol. The first-order valence-corrected chi connectivity index (χ1v) is 6.17. The van der Waals surface area contributed by atoms with Crippen molar-refractivity contribution < 1.29 is 5.11 Å². The van der Waals surface area contributed by atoms with Gasteiger partial charge in [0.05, 0.1) is 24.7 Å². The van der Waals surface area contributed by atoms with E-state index in [1.165, 1.54) is 4.68 Å². The first-order chi connectivity index (χ1) is 7.42. The van der Waals surface area contributed by atoms with Gasteiger partial charge in [-0.05, 0) is 0 Å². The Morgan fingerprint density at radius 1 is 1.56 bits per heavy atom. The minimum Gasteiger partial charge on any atom is -0.493 e. The van der Waals surface area contributed by atoms with Crippen LogP contribution in [0.15, 0.2) is 6.07 Å². The molecule has 0 bridgehead atoms. The lowest BCUT2D eigenvalue weighted by atomic mass is 10.3. The first kappa shape index (κ1) is 12.9. The van der Waals surface area contributed by atoms with E-state index < -0.39 is 0 Å². The van der Waals surface area contributed by atoms with Gasteiger partial charge in [0, 0.05) is 16.6 Å². The van der Waals surface area contributed by atoms with E-state index in [1.807, 2.05) is 6.07 Å². The van der Waals surface area contributed by atoms with Crippen LogP contribution < -0.4 is 0 Å². The third-order valence-corrected chi connectivity index (χ3v) is 3.20. The lowest BCUT2D eigenvalue weighted by molar-refractivity contribution is 0.400. The maximum Gasteiger partial charge on any atom is 0.209 e. The Kier molecular flexibility index (Phi) is 4.25. The van der Waals surface area contributed by atoms with Gasteiger partial charge >= 0.3 is 0 Å². The fourth-order valence-electron chi connectivity index (χ4n) is 1.14. The van der Waals surface area contributed by atoms with Crippen LogP contribution in [0.2, 0.25) is 0 Å². The highest BCUT2D eigenvalue weighted by Gasteiger charge is 2.13. The molecule has 5 heteroatoms. The number of nitrogens with zero attached hydrogens (tertiary/aromatic N) is 3. The van der Waals surface area contributed by atoms with Crippen LogP contribution in [0.25, 0.3) is 0 Å². The monoisotopic (exact) mass is 239 g/mol. The minimum atomic E-state index is 0.139. The van der Waals surface area contributed by atoms with Crippen LogP contribution >= 0.6 is 11.8 Å². The number of rotatable bonds is 4.